The molecule has 0 bridgehead atoms. The molecule has 29 heavy (non-hydrogen) atoms. The number of nitrogens with one attached hydrogen (secondary N) is 1. The van der Waals surface area contributed by atoms with Crippen LogP contribution < -0.4 is 10.2 Å². The second-order valence-corrected chi connectivity index (χ2v) is 10.1. The Hall–Kier alpha value is -2.27. The number of amides is 2. The molecular formula is C24H30N2O2S. The van der Waals surface area contributed by atoms with Crippen molar-refractivity contribution in [3.63, 3.8) is 0 Å². The van der Waals surface area contributed by atoms with Gasteiger partial charge >= 0.3 is 0 Å². The van der Waals surface area contributed by atoms with Crippen molar-refractivity contribution >= 4 is 35.0 Å². The summed E-state index contributed by atoms with van der Waals surface area (Å²) in [5.41, 5.74) is 4.10. The van der Waals surface area contributed by atoms with Gasteiger partial charge in [0, 0.05) is 17.8 Å². The predicted molar refractivity (Wildman–Crippen MR) is 122 cm³/mol. The number of benzene rings is 2. The number of thioether (sulfide) groups is 1. The molecule has 2 amide bonds. The lowest BCUT2D eigenvalue weighted by molar-refractivity contribution is -0.117. The molecule has 1 unspecified atom stereocenters. The molecule has 0 radical (unpaired) electrons. The third-order valence-electron chi connectivity index (χ3n) is 4.95. The van der Waals surface area contributed by atoms with E-state index in [1.807, 2.05) is 55.1 Å². The van der Waals surface area contributed by atoms with Crippen LogP contribution in [0, 0.1) is 5.92 Å². The first-order valence-electron chi connectivity index (χ1n) is 10.1. The van der Waals surface area contributed by atoms with Crippen molar-refractivity contribution in [2.45, 2.75) is 51.8 Å². The van der Waals surface area contributed by atoms with Gasteiger partial charge in [0.05, 0.1) is 5.75 Å². The first-order valence-corrected chi connectivity index (χ1v) is 11.1. The summed E-state index contributed by atoms with van der Waals surface area (Å²) in [5, 5.41) is 2.88. The Bertz CT molecular complexity index is 867. The lowest BCUT2D eigenvalue weighted by atomic mass is 9.87. The number of carbonyl (C=O) groups is 2. The SMILES string of the molecule is CC(C)CC(=O)Nc1ccc(C2SCC(=O)N2c2ccc(C(C)(C)C)cc2)cc1. The van der Waals surface area contributed by atoms with Gasteiger partial charge in [0.1, 0.15) is 5.37 Å². The normalized spacial score (nSPS) is 17.1. The van der Waals surface area contributed by atoms with Gasteiger partial charge < -0.3 is 5.32 Å². The molecule has 1 aliphatic heterocycles. The first kappa shape index (κ1) is 21.4. The molecule has 0 saturated carbocycles. The van der Waals surface area contributed by atoms with Crippen LogP contribution in [0.5, 0.6) is 0 Å². The first-order chi connectivity index (χ1) is 13.6. The number of carbonyl (C=O) groups excluding carboxylic acids is 2. The van der Waals surface area contributed by atoms with E-state index >= 15 is 0 Å². The van der Waals surface area contributed by atoms with Crippen LogP contribution in [-0.4, -0.2) is 17.6 Å². The Morgan fingerprint density at radius 1 is 1.10 bits per heavy atom. The number of hydrogen-bond donors (Lipinski definition) is 1. The molecule has 4 nitrogen and oxygen atoms in total. The average molecular weight is 411 g/mol. The van der Waals surface area contributed by atoms with E-state index in [2.05, 4.69) is 38.2 Å². The zero-order valence-corrected chi connectivity index (χ0v) is 18.7. The number of nitrogens with zero attached hydrogens (tertiary/aromatic N) is 1. The lowest BCUT2D eigenvalue weighted by Crippen LogP contribution is -2.28. The minimum Gasteiger partial charge on any atom is -0.326 e. The highest BCUT2D eigenvalue weighted by Gasteiger charge is 2.34. The van der Waals surface area contributed by atoms with Crippen molar-refractivity contribution < 1.29 is 9.59 Å². The van der Waals surface area contributed by atoms with Crippen molar-refractivity contribution in [3.05, 3.63) is 59.7 Å². The Labute approximate surface area is 178 Å². The summed E-state index contributed by atoms with van der Waals surface area (Å²) < 4.78 is 0. The van der Waals surface area contributed by atoms with Gasteiger partial charge in [-0.3, -0.25) is 14.5 Å². The summed E-state index contributed by atoms with van der Waals surface area (Å²) in [6.45, 7) is 10.6. The van der Waals surface area contributed by atoms with E-state index in [0.717, 1.165) is 16.9 Å². The maximum atomic E-state index is 12.6. The molecule has 0 spiro atoms. The molecule has 3 rings (SSSR count). The second kappa shape index (κ2) is 8.62. The highest BCUT2D eigenvalue weighted by molar-refractivity contribution is 8.00. The quantitative estimate of drug-likeness (QED) is 0.683. The molecule has 1 fully saturated rings. The van der Waals surface area contributed by atoms with Gasteiger partial charge in [-0.25, -0.2) is 0 Å². The van der Waals surface area contributed by atoms with Crippen LogP contribution in [0.1, 0.15) is 57.5 Å². The number of anilines is 2. The van der Waals surface area contributed by atoms with Crippen LogP contribution in [0.2, 0.25) is 0 Å². The highest BCUT2D eigenvalue weighted by Crippen LogP contribution is 2.42. The monoisotopic (exact) mass is 410 g/mol. The molecule has 0 aromatic heterocycles. The number of hydrogen-bond acceptors (Lipinski definition) is 3. The van der Waals surface area contributed by atoms with E-state index in [4.69, 9.17) is 0 Å². The summed E-state index contributed by atoms with van der Waals surface area (Å²) in [4.78, 5) is 26.5. The lowest BCUT2D eigenvalue weighted by Gasteiger charge is -2.26. The van der Waals surface area contributed by atoms with Gasteiger partial charge in [-0.1, -0.05) is 58.9 Å². The maximum absolute atomic E-state index is 12.6. The largest absolute Gasteiger partial charge is 0.326 e. The summed E-state index contributed by atoms with van der Waals surface area (Å²) >= 11 is 1.63. The molecule has 1 aliphatic rings. The highest BCUT2D eigenvalue weighted by atomic mass is 32.2. The van der Waals surface area contributed by atoms with E-state index in [1.165, 1.54) is 5.56 Å². The van der Waals surface area contributed by atoms with E-state index in [1.54, 1.807) is 11.8 Å². The van der Waals surface area contributed by atoms with Gasteiger partial charge in [0.15, 0.2) is 0 Å². The summed E-state index contributed by atoms with van der Waals surface area (Å²) in [6, 6.07) is 16.1. The van der Waals surface area contributed by atoms with Crippen LogP contribution in [-0.2, 0) is 15.0 Å². The molecule has 154 valence electrons. The Morgan fingerprint density at radius 3 is 2.28 bits per heavy atom. The van der Waals surface area contributed by atoms with Crippen molar-refractivity contribution in [2.24, 2.45) is 5.92 Å². The van der Waals surface area contributed by atoms with Crippen molar-refractivity contribution in [1.82, 2.24) is 0 Å². The fraction of sp³-hybridized carbons (Fsp3) is 0.417. The van der Waals surface area contributed by atoms with E-state index in [0.29, 0.717) is 18.1 Å². The Morgan fingerprint density at radius 2 is 1.72 bits per heavy atom. The van der Waals surface area contributed by atoms with Gasteiger partial charge in [0.2, 0.25) is 11.8 Å². The van der Waals surface area contributed by atoms with Crippen LogP contribution in [0.15, 0.2) is 48.5 Å². The molecule has 1 heterocycles. The van der Waals surface area contributed by atoms with Gasteiger partial charge in [0.25, 0.3) is 0 Å². The van der Waals surface area contributed by atoms with Crippen LogP contribution in [0.3, 0.4) is 0 Å². The van der Waals surface area contributed by atoms with Crippen molar-refractivity contribution in [2.75, 3.05) is 16.0 Å². The van der Waals surface area contributed by atoms with Crippen LogP contribution in [0.4, 0.5) is 11.4 Å². The third-order valence-corrected chi connectivity index (χ3v) is 6.16. The maximum Gasteiger partial charge on any atom is 0.238 e. The minimum atomic E-state index is -0.0524. The molecule has 1 saturated heterocycles. The summed E-state index contributed by atoms with van der Waals surface area (Å²) in [7, 11) is 0. The Kier molecular flexibility index (Phi) is 6.37. The zero-order valence-electron chi connectivity index (χ0n) is 17.9. The topological polar surface area (TPSA) is 49.4 Å². The standard InChI is InChI=1S/C24H30N2O2S/c1-16(2)14-21(27)25-19-10-6-17(7-11-19)23-26(22(28)15-29-23)20-12-8-18(9-13-20)24(3,4)5/h6-13,16,23H,14-15H2,1-5H3,(H,25,27). The molecule has 1 N–H and O–H groups in total. The van der Waals surface area contributed by atoms with Crippen LogP contribution >= 0.6 is 11.8 Å². The molecule has 2 aromatic carbocycles. The summed E-state index contributed by atoms with van der Waals surface area (Å²) in [5.74, 6) is 0.948. The third kappa shape index (κ3) is 5.21. The summed E-state index contributed by atoms with van der Waals surface area (Å²) in [6.07, 6.45) is 0.507. The average Bonchev–Trinajstić information content (AvgIpc) is 3.02. The fourth-order valence-electron chi connectivity index (χ4n) is 3.39. The van der Waals surface area contributed by atoms with Crippen molar-refractivity contribution in [3.8, 4) is 0 Å². The van der Waals surface area contributed by atoms with E-state index < -0.39 is 0 Å². The minimum absolute atomic E-state index is 0.0266. The van der Waals surface area contributed by atoms with E-state index in [9.17, 15) is 9.59 Å². The number of rotatable bonds is 5. The Balaban J connectivity index is 1.77. The van der Waals surface area contributed by atoms with Gasteiger partial charge in [-0.2, -0.15) is 0 Å². The van der Waals surface area contributed by atoms with Gasteiger partial charge in [-0.15, -0.1) is 11.8 Å². The molecular weight excluding hydrogens is 380 g/mol. The molecule has 0 aliphatic carbocycles. The molecule has 5 heteroatoms. The van der Waals surface area contributed by atoms with Crippen LogP contribution in [0.25, 0.3) is 0 Å². The zero-order chi connectivity index (χ0) is 21.2. The molecule has 1 atom stereocenters. The van der Waals surface area contributed by atoms with E-state index in [-0.39, 0.29) is 22.6 Å². The molecule has 2 aromatic rings. The fourth-order valence-corrected chi connectivity index (χ4v) is 4.56. The van der Waals surface area contributed by atoms with Gasteiger partial charge in [-0.05, 0) is 46.7 Å². The smallest absolute Gasteiger partial charge is 0.238 e. The predicted octanol–water partition coefficient (Wildman–Crippen LogP) is 5.75. The second-order valence-electron chi connectivity index (χ2n) is 8.99. The van der Waals surface area contributed by atoms with Crippen molar-refractivity contribution in [1.29, 1.82) is 0 Å².